The summed E-state index contributed by atoms with van der Waals surface area (Å²) in [6.45, 7) is 3.94. The normalized spacial score (nSPS) is 15.9. The second-order valence-electron chi connectivity index (χ2n) is 7.17. The summed E-state index contributed by atoms with van der Waals surface area (Å²) >= 11 is 0. The zero-order chi connectivity index (χ0) is 19.6. The maximum absolute atomic E-state index is 13.1. The molecule has 1 atom stereocenters. The molecule has 2 N–H and O–H groups in total. The van der Waals surface area contributed by atoms with E-state index in [0.29, 0.717) is 18.7 Å². The first-order valence-electron chi connectivity index (χ1n) is 8.86. The summed E-state index contributed by atoms with van der Waals surface area (Å²) in [5.74, 6) is -0.221. The molecule has 0 saturated carbocycles. The third kappa shape index (κ3) is 3.79. The average molecular weight is 370 g/mol. The fourth-order valence-corrected chi connectivity index (χ4v) is 3.27. The Kier molecular flexibility index (Phi) is 5.17. The Morgan fingerprint density at radius 3 is 2.59 bits per heavy atom. The minimum Gasteiger partial charge on any atom is -0.497 e. The summed E-state index contributed by atoms with van der Waals surface area (Å²) in [4.78, 5) is 24.9. The number of anilines is 1. The van der Waals surface area contributed by atoms with E-state index in [-0.39, 0.29) is 23.5 Å². The Morgan fingerprint density at radius 1 is 1.22 bits per heavy atom. The highest BCUT2D eigenvalue weighted by molar-refractivity contribution is 6.03. The Hall–Kier alpha value is -2.89. The third-order valence-corrected chi connectivity index (χ3v) is 5.06. The molecule has 0 aliphatic carbocycles. The topological polar surface area (TPSA) is 67.4 Å². The molecule has 27 heavy (non-hydrogen) atoms. The lowest BCUT2D eigenvalue weighted by molar-refractivity contribution is -0.126. The minimum atomic E-state index is -0.799. The summed E-state index contributed by atoms with van der Waals surface area (Å²) in [6.07, 6.45) is 0.483. The van der Waals surface area contributed by atoms with Crippen molar-refractivity contribution < 1.29 is 18.7 Å². The molecule has 0 saturated heterocycles. The zero-order valence-electron chi connectivity index (χ0n) is 15.6. The van der Waals surface area contributed by atoms with Crippen LogP contribution in [-0.2, 0) is 15.0 Å². The number of hydrogen-bond acceptors (Lipinski definition) is 3. The van der Waals surface area contributed by atoms with Crippen molar-refractivity contribution in [3.63, 3.8) is 0 Å². The predicted molar refractivity (Wildman–Crippen MR) is 101 cm³/mol. The summed E-state index contributed by atoms with van der Waals surface area (Å²) in [7, 11) is 1.58. The number of ether oxygens (including phenoxy) is 1. The van der Waals surface area contributed by atoms with Gasteiger partial charge in [-0.25, -0.2) is 4.39 Å². The van der Waals surface area contributed by atoms with Gasteiger partial charge < -0.3 is 15.4 Å². The molecule has 1 aliphatic rings. The number of carbonyl (C=O) groups is 2. The van der Waals surface area contributed by atoms with Crippen LogP contribution in [0.2, 0.25) is 0 Å². The van der Waals surface area contributed by atoms with E-state index in [2.05, 4.69) is 10.6 Å². The molecule has 3 rings (SSSR count). The van der Waals surface area contributed by atoms with Crippen molar-refractivity contribution in [3.05, 3.63) is 59.4 Å². The molecule has 2 amide bonds. The van der Waals surface area contributed by atoms with E-state index >= 15 is 0 Å². The molecule has 0 aromatic heterocycles. The van der Waals surface area contributed by atoms with Gasteiger partial charge in [-0.1, -0.05) is 12.1 Å². The van der Waals surface area contributed by atoms with Gasteiger partial charge in [0.2, 0.25) is 11.8 Å². The average Bonchev–Trinajstić information content (AvgIpc) is 2.96. The smallest absolute Gasteiger partial charge is 0.232 e. The Labute approximate surface area is 157 Å². The molecule has 0 radical (unpaired) electrons. The van der Waals surface area contributed by atoms with Crippen LogP contribution in [0.1, 0.15) is 37.3 Å². The molecular weight excluding hydrogens is 347 g/mol. The van der Waals surface area contributed by atoms with Gasteiger partial charge in [-0.3, -0.25) is 9.59 Å². The molecule has 0 bridgehead atoms. The van der Waals surface area contributed by atoms with Crippen molar-refractivity contribution >= 4 is 17.5 Å². The summed E-state index contributed by atoms with van der Waals surface area (Å²) in [6, 6.07) is 11.4. The molecular formula is C21H23FN2O3. The molecule has 1 heterocycles. The van der Waals surface area contributed by atoms with Crippen LogP contribution < -0.4 is 15.4 Å². The van der Waals surface area contributed by atoms with Gasteiger partial charge in [0.05, 0.1) is 18.4 Å². The van der Waals surface area contributed by atoms with Gasteiger partial charge in [0.25, 0.3) is 0 Å². The van der Waals surface area contributed by atoms with Crippen molar-refractivity contribution in [2.24, 2.45) is 0 Å². The van der Waals surface area contributed by atoms with Crippen molar-refractivity contribution in [2.45, 2.75) is 31.6 Å². The molecule has 2 aromatic rings. The number of methoxy groups -OCH3 is 1. The van der Waals surface area contributed by atoms with E-state index in [0.717, 1.165) is 16.8 Å². The molecule has 0 fully saturated rings. The summed E-state index contributed by atoms with van der Waals surface area (Å²) in [5, 5.41) is 5.75. The lowest BCUT2D eigenvalue weighted by Crippen LogP contribution is -2.41. The number of amides is 2. The van der Waals surface area contributed by atoms with Gasteiger partial charge in [-0.05, 0) is 61.7 Å². The summed E-state index contributed by atoms with van der Waals surface area (Å²) in [5.41, 5.74) is 1.59. The zero-order valence-corrected chi connectivity index (χ0v) is 15.6. The molecule has 5 nitrogen and oxygen atoms in total. The van der Waals surface area contributed by atoms with Crippen LogP contribution in [0.25, 0.3) is 0 Å². The number of rotatable bonds is 6. The van der Waals surface area contributed by atoms with Crippen LogP contribution in [0.5, 0.6) is 5.75 Å². The van der Waals surface area contributed by atoms with E-state index in [4.69, 9.17) is 4.74 Å². The predicted octanol–water partition coefficient (Wildman–Crippen LogP) is 3.35. The number of carbonyl (C=O) groups excluding carboxylic acids is 2. The number of nitrogens with one attached hydrogen (secondary N) is 2. The Morgan fingerprint density at radius 2 is 1.93 bits per heavy atom. The number of fused-ring (bicyclic) bond motifs is 1. The molecule has 0 spiro atoms. The van der Waals surface area contributed by atoms with E-state index in [1.807, 2.05) is 12.1 Å². The van der Waals surface area contributed by atoms with E-state index < -0.39 is 5.41 Å². The van der Waals surface area contributed by atoms with Gasteiger partial charge in [0, 0.05) is 12.2 Å². The quantitative estimate of drug-likeness (QED) is 0.819. The van der Waals surface area contributed by atoms with Gasteiger partial charge in [0.15, 0.2) is 0 Å². The van der Waals surface area contributed by atoms with Gasteiger partial charge in [0.1, 0.15) is 11.6 Å². The first kappa shape index (κ1) is 18.9. The minimum absolute atomic E-state index is 0.0784. The van der Waals surface area contributed by atoms with Crippen molar-refractivity contribution in [1.29, 1.82) is 0 Å². The maximum atomic E-state index is 13.1. The lowest BCUT2D eigenvalue weighted by Gasteiger charge is -2.24. The molecule has 6 heteroatoms. The van der Waals surface area contributed by atoms with Crippen molar-refractivity contribution in [2.75, 3.05) is 19.0 Å². The van der Waals surface area contributed by atoms with E-state index in [1.165, 1.54) is 12.1 Å². The molecule has 2 aromatic carbocycles. The van der Waals surface area contributed by atoms with E-state index in [9.17, 15) is 14.0 Å². The highest BCUT2D eigenvalue weighted by Gasteiger charge is 2.32. The molecule has 142 valence electrons. The van der Waals surface area contributed by atoms with Crippen molar-refractivity contribution in [1.82, 2.24) is 5.32 Å². The number of halogens is 1. The van der Waals surface area contributed by atoms with Gasteiger partial charge in [-0.2, -0.15) is 0 Å². The molecule has 0 unspecified atom stereocenters. The van der Waals surface area contributed by atoms with Crippen LogP contribution in [-0.4, -0.2) is 25.5 Å². The third-order valence-electron chi connectivity index (χ3n) is 5.06. The van der Waals surface area contributed by atoms with Crippen LogP contribution in [0, 0.1) is 5.82 Å². The highest BCUT2D eigenvalue weighted by atomic mass is 19.1. The fourth-order valence-electron chi connectivity index (χ4n) is 3.27. The summed E-state index contributed by atoms with van der Waals surface area (Å²) < 4.78 is 18.3. The second-order valence-corrected chi connectivity index (χ2v) is 7.17. The lowest BCUT2D eigenvalue weighted by atomic mass is 9.83. The SMILES string of the molecule is COc1ccc2c(c1)[C@@H](CCNC(=O)C(C)(C)c1ccc(F)cc1)C(=O)N2. The fraction of sp³-hybridized carbons (Fsp3) is 0.333. The first-order valence-corrected chi connectivity index (χ1v) is 8.86. The van der Waals surface area contributed by atoms with Gasteiger partial charge in [-0.15, -0.1) is 0 Å². The largest absolute Gasteiger partial charge is 0.497 e. The van der Waals surface area contributed by atoms with Gasteiger partial charge >= 0.3 is 0 Å². The van der Waals surface area contributed by atoms with E-state index in [1.54, 1.807) is 39.2 Å². The van der Waals surface area contributed by atoms with Crippen LogP contribution in [0.3, 0.4) is 0 Å². The Bertz CT molecular complexity index is 862. The highest BCUT2D eigenvalue weighted by Crippen LogP contribution is 2.36. The number of hydrogen-bond donors (Lipinski definition) is 2. The Balaban J connectivity index is 1.64. The van der Waals surface area contributed by atoms with Crippen molar-refractivity contribution in [3.8, 4) is 5.75 Å². The first-order chi connectivity index (χ1) is 12.8. The number of benzene rings is 2. The van der Waals surface area contributed by atoms with Crippen LogP contribution in [0.4, 0.5) is 10.1 Å². The molecule has 1 aliphatic heterocycles. The van der Waals surface area contributed by atoms with Crippen LogP contribution >= 0.6 is 0 Å². The second kappa shape index (κ2) is 7.39. The monoisotopic (exact) mass is 370 g/mol. The standard InChI is InChI=1S/C21H23FN2O3/c1-21(2,13-4-6-14(22)7-5-13)20(26)23-11-10-16-17-12-15(27-3)8-9-18(17)24-19(16)25/h4-9,12,16H,10-11H2,1-3H3,(H,23,26)(H,24,25)/t16-/m1/s1. The maximum Gasteiger partial charge on any atom is 0.232 e. The van der Waals surface area contributed by atoms with Crippen LogP contribution in [0.15, 0.2) is 42.5 Å².